The third kappa shape index (κ3) is 6.22. The van der Waals surface area contributed by atoms with E-state index in [9.17, 15) is 14.4 Å². The minimum atomic E-state index is -0.403. The van der Waals surface area contributed by atoms with Crippen molar-refractivity contribution in [2.45, 2.75) is 25.7 Å². The third-order valence-corrected chi connectivity index (χ3v) is 5.29. The second-order valence-electron chi connectivity index (χ2n) is 7.16. The zero-order valence-corrected chi connectivity index (χ0v) is 17.3. The lowest BCUT2D eigenvalue weighted by Crippen LogP contribution is -2.36. The van der Waals surface area contributed by atoms with Gasteiger partial charge in [0.1, 0.15) is 0 Å². The first kappa shape index (κ1) is 21.6. The molecule has 4 amide bonds. The minimum absolute atomic E-state index is 0.0471. The Hall–Kier alpha value is -3.06. The quantitative estimate of drug-likeness (QED) is 0.501. The van der Waals surface area contributed by atoms with Gasteiger partial charge in [0.2, 0.25) is 5.91 Å². The smallest absolute Gasteiger partial charge is 0.319 e. The molecule has 1 aliphatic carbocycles. The molecule has 0 saturated heterocycles. The lowest BCUT2D eigenvalue weighted by molar-refractivity contribution is -0.119. The molecule has 2 aromatic carbocycles. The van der Waals surface area contributed by atoms with Crippen LogP contribution >= 0.6 is 11.6 Å². The van der Waals surface area contributed by atoms with E-state index in [1.807, 2.05) is 0 Å². The molecule has 1 fully saturated rings. The van der Waals surface area contributed by atoms with Crippen molar-refractivity contribution in [3.63, 3.8) is 0 Å². The van der Waals surface area contributed by atoms with Crippen LogP contribution in [-0.4, -0.2) is 30.9 Å². The van der Waals surface area contributed by atoms with Crippen molar-refractivity contribution in [3.05, 3.63) is 59.1 Å². The van der Waals surface area contributed by atoms with Gasteiger partial charge in [0.15, 0.2) is 0 Å². The summed E-state index contributed by atoms with van der Waals surface area (Å²) in [5, 5.41) is 11.4. The van der Waals surface area contributed by atoms with Crippen molar-refractivity contribution in [3.8, 4) is 0 Å². The zero-order chi connectivity index (χ0) is 21.3. The van der Waals surface area contributed by atoms with Crippen molar-refractivity contribution in [2.75, 3.05) is 23.7 Å². The first-order valence-electron chi connectivity index (χ1n) is 10.0. The van der Waals surface area contributed by atoms with Gasteiger partial charge >= 0.3 is 6.03 Å². The maximum absolute atomic E-state index is 12.2. The monoisotopic (exact) mass is 428 g/mol. The van der Waals surface area contributed by atoms with E-state index in [1.54, 1.807) is 48.5 Å². The van der Waals surface area contributed by atoms with Gasteiger partial charge in [0.05, 0.1) is 10.7 Å². The molecule has 0 spiro atoms. The summed E-state index contributed by atoms with van der Waals surface area (Å²) >= 11 is 5.99. The van der Waals surface area contributed by atoms with E-state index in [0.29, 0.717) is 22.0 Å². The average Bonchev–Trinajstić information content (AvgIpc) is 3.28. The van der Waals surface area contributed by atoms with Crippen LogP contribution in [0.5, 0.6) is 0 Å². The van der Waals surface area contributed by atoms with Gasteiger partial charge in [-0.3, -0.25) is 9.59 Å². The molecule has 4 N–H and O–H groups in total. The van der Waals surface area contributed by atoms with E-state index in [2.05, 4.69) is 21.3 Å². The highest BCUT2D eigenvalue weighted by Gasteiger charge is 2.22. The third-order valence-electron chi connectivity index (χ3n) is 4.96. The van der Waals surface area contributed by atoms with Crippen molar-refractivity contribution in [1.29, 1.82) is 0 Å². The van der Waals surface area contributed by atoms with Gasteiger partial charge in [-0.1, -0.05) is 36.6 Å². The van der Waals surface area contributed by atoms with Gasteiger partial charge in [-0.15, -0.1) is 0 Å². The second kappa shape index (κ2) is 10.6. The number of anilines is 2. The normalized spacial score (nSPS) is 13.5. The van der Waals surface area contributed by atoms with Gasteiger partial charge in [-0.25, -0.2) is 4.79 Å². The standard InChI is InChI=1S/C22H25ClN4O3/c23-18-7-3-4-8-19(18)27-22(30)25-14-13-24-20(28)16-9-11-17(12-10-16)26-21(29)15-5-1-2-6-15/h3-4,7-12,15H,1-2,5-6,13-14H2,(H,24,28)(H,26,29)(H2,25,27,30). The molecule has 8 heteroatoms. The van der Waals surface area contributed by atoms with Crippen LogP contribution in [0.3, 0.4) is 0 Å². The highest BCUT2D eigenvalue weighted by atomic mass is 35.5. The first-order chi connectivity index (χ1) is 14.5. The number of amides is 4. The number of para-hydroxylation sites is 1. The van der Waals surface area contributed by atoms with Gasteiger partial charge in [0, 0.05) is 30.3 Å². The number of hydrogen-bond donors (Lipinski definition) is 4. The molecule has 1 saturated carbocycles. The molecule has 0 unspecified atom stereocenters. The Morgan fingerprint density at radius 2 is 1.53 bits per heavy atom. The summed E-state index contributed by atoms with van der Waals surface area (Å²) < 4.78 is 0. The summed E-state index contributed by atoms with van der Waals surface area (Å²) in [5.74, 6) is -0.113. The molecule has 7 nitrogen and oxygen atoms in total. The number of halogens is 1. The fourth-order valence-electron chi connectivity index (χ4n) is 3.32. The number of hydrogen-bond acceptors (Lipinski definition) is 3. The Morgan fingerprint density at radius 3 is 2.23 bits per heavy atom. The van der Waals surface area contributed by atoms with Crippen LogP contribution in [0.2, 0.25) is 5.02 Å². The van der Waals surface area contributed by atoms with Gasteiger partial charge in [0.25, 0.3) is 5.91 Å². The number of carbonyl (C=O) groups is 3. The molecule has 0 bridgehead atoms. The van der Waals surface area contributed by atoms with Gasteiger partial charge in [-0.05, 0) is 49.2 Å². The number of urea groups is 1. The van der Waals surface area contributed by atoms with E-state index < -0.39 is 6.03 Å². The SMILES string of the molecule is O=C(NCCNC(=O)c1ccc(NC(=O)C2CCCC2)cc1)Nc1ccccc1Cl. The molecule has 0 aromatic heterocycles. The number of carbonyl (C=O) groups excluding carboxylic acids is 3. The van der Waals surface area contributed by atoms with E-state index >= 15 is 0 Å². The molecule has 3 rings (SSSR count). The van der Waals surface area contributed by atoms with E-state index in [-0.39, 0.29) is 30.8 Å². The molecule has 0 aliphatic heterocycles. The number of benzene rings is 2. The van der Waals surface area contributed by atoms with Crippen LogP contribution in [0.25, 0.3) is 0 Å². The summed E-state index contributed by atoms with van der Waals surface area (Å²) in [6, 6.07) is 13.3. The summed E-state index contributed by atoms with van der Waals surface area (Å²) in [4.78, 5) is 36.3. The van der Waals surface area contributed by atoms with Crippen LogP contribution in [0.4, 0.5) is 16.2 Å². The van der Waals surface area contributed by atoms with Crippen LogP contribution in [-0.2, 0) is 4.79 Å². The van der Waals surface area contributed by atoms with Crippen molar-refractivity contribution in [2.24, 2.45) is 5.92 Å². The lowest BCUT2D eigenvalue weighted by Gasteiger charge is -2.11. The molecule has 0 radical (unpaired) electrons. The minimum Gasteiger partial charge on any atom is -0.350 e. The average molecular weight is 429 g/mol. The summed E-state index contributed by atoms with van der Waals surface area (Å²) in [5.41, 5.74) is 1.68. The van der Waals surface area contributed by atoms with Crippen LogP contribution in [0, 0.1) is 5.92 Å². The maximum atomic E-state index is 12.2. The van der Waals surface area contributed by atoms with Crippen molar-refractivity contribution in [1.82, 2.24) is 10.6 Å². The fourth-order valence-corrected chi connectivity index (χ4v) is 3.50. The summed E-state index contributed by atoms with van der Waals surface area (Å²) in [7, 11) is 0. The summed E-state index contributed by atoms with van der Waals surface area (Å²) in [6.07, 6.45) is 4.09. The zero-order valence-electron chi connectivity index (χ0n) is 16.5. The maximum Gasteiger partial charge on any atom is 0.319 e. The van der Waals surface area contributed by atoms with Gasteiger partial charge < -0.3 is 21.3 Å². The predicted molar refractivity (Wildman–Crippen MR) is 118 cm³/mol. The highest BCUT2D eigenvalue weighted by molar-refractivity contribution is 6.33. The van der Waals surface area contributed by atoms with Crippen molar-refractivity contribution >= 4 is 40.8 Å². The van der Waals surface area contributed by atoms with Crippen LogP contribution < -0.4 is 21.3 Å². The Bertz CT molecular complexity index is 896. The summed E-state index contributed by atoms with van der Waals surface area (Å²) in [6.45, 7) is 0.534. The Kier molecular flexibility index (Phi) is 7.68. The van der Waals surface area contributed by atoms with E-state index in [1.165, 1.54) is 0 Å². The molecule has 1 aliphatic rings. The van der Waals surface area contributed by atoms with Crippen molar-refractivity contribution < 1.29 is 14.4 Å². The first-order valence-corrected chi connectivity index (χ1v) is 10.4. The van der Waals surface area contributed by atoms with Crippen LogP contribution in [0.1, 0.15) is 36.0 Å². The highest BCUT2D eigenvalue weighted by Crippen LogP contribution is 2.26. The molecule has 158 valence electrons. The van der Waals surface area contributed by atoms with Crippen LogP contribution in [0.15, 0.2) is 48.5 Å². The molecular formula is C22H25ClN4O3. The lowest BCUT2D eigenvalue weighted by atomic mass is 10.1. The predicted octanol–water partition coefficient (Wildman–Crippen LogP) is 4.02. The number of nitrogens with one attached hydrogen (secondary N) is 4. The topological polar surface area (TPSA) is 99.3 Å². The molecule has 0 heterocycles. The molecule has 30 heavy (non-hydrogen) atoms. The fraction of sp³-hybridized carbons (Fsp3) is 0.318. The van der Waals surface area contributed by atoms with E-state index in [4.69, 9.17) is 11.6 Å². The second-order valence-corrected chi connectivity index (χ2v) is 7.57. The Labute approximate surface area is 180 Å². The van der Waals surface area contributed by atoms with E-state index in [0.717, 1.165) is 25.7 Å². The number of rotatable bonds is 7. The Morgan fingerprint density at radius 1 is 0.867 bits per heavy atom. The van der Waals surface area contributed by atoms with Gasteiger partial charge in [-0.2, -0.15) is 0 Å². The Balaban J connectivity index is 1.37. The molecule has 0 atom stereocenters. The largest absolute Gasteiger partial charge is 0.350 e. The molecular weight excluding hydrogens is 404 g/mol. The molecule has 2 aromatic rings.